The molecule has 0 spiro atoms. The Hall–Kier alpha value is -1.62. The van der Waals surface area contributed by atoms with Crippen molar-refractivity contribution in [2.45, 2.75) is 25.0 Å². The number of pyridine rings is 1. The van der Waals surface area contributed by atoms with Gasteiger partial charge in [-0.3, -0.25) is 9.78 Å². The summed E-state index contributed by atoms with van der Waals surface area (Å²) in [6.45, 7) is 0.700. The van der Waals surface area contributed by atoms with E-state index in [1.54, 1.807) is 17.2 Å². The van der Waals surface area contributed by atoms with Crippen LogP contribution >= 0.6 is 0 Å². The first-order chi connectivity index (χ1) is 7.70. The van der Waals surface area contributed by atoms with Gasteiger partial charge in [0.1, 0.15) is 6.04 Å². The fourth-order valence-corrected chi connectivity index (χ4v) is 2.08. The molecule has 1 aromatic heterocycles. The lowest BCUT2D eigenvalue weighted by atomic mass is 9.97. The summed E-state index contributed by atoms with van der Waals surface area (Å²) in [6, 6.07) is 4.04. The zero-order chi connectivity index (χ0) is 11.5. The minimum absolute atomic E-state index is 0.502. The Morgan fingerprint density at radius 3 is 3.12 bits per heavy atom. The third-order valence-corrected chi connectivity index (χ3v) is 2.81. The van der Waals surface area contributed by atoms with E-state index in [1.165, 1.54) is 6.20 Å². The third kappa shape index (κ3) is 1.99. The van der Waals surface area contributed by atoms with Crippen molar-refractivity contribution in [3.8, 4) is 0 Å². The molecule has 0 bridgehead atoms. The molecule has 2 atom stereocenters. The minimum atomic E-state index is -0.701. The van der Waals surface area contributed by atoms with Crippen molar-refractivity contribution >= 4 is 11.6 Å². The second-order valence-corrected chi connectivity index (χ2v) is 3.87. The van der Waals surface area contributed by atoms with Crippen molar-refractivity contribution in [2.24, 2.45) is 5.73 Å². The molecule has 1 radical (unpaired) electrons. The fraction of sp³-hybridized carbons (Fsp3) is 0.455. The molecular formula is C11H14N3O2. The first kappa shape index (κ1) is 10.9. The molecule has 5 heteroatoms. The smallest absolute Gasteiger partial charge is 0.242 e. The highest BCUT2D eigenvalue weighted by molar-refractivity contribution is 5.84. The molecule has 2 unspecified atom stereocenters. The molecule has 1 fully saturated rings. The minimum Gasteiger partial charge on any atom is -0.390 e. The molecule has 0 aromatic carbocycles. The highest BCUT2D eigenvalue weighted by Crippen LogP contribution is 2.23. The first-order valence-corrected chi connectivity index (χ1v) is 5.26. The van der Waals surface area contributed by atoms with Crippen LogP contribution in [0.1, 0.15) is 12.8 Å². The van der Waals surface area contributed by atoms with Crippen molar-refractivity contribution in [3.05, 3.63) is 24.5 Å². The second-order valence-electron chi connectivity index (χ2n) is 3.87. The van der Waals surface area contributed by atoms with Crippen LogP contribution in [0, 0.1) is 6.07 Å². The molecule has 3 N–H and O–H groups in total. The number of aliphatic hydroxyl groups is 1. The van der Waals surface area contributed by atoms with Gasteiger partial charge in [0.15, 0.2) is 0 Å². The van der Waals surface area contributed by atoms with Gasteiger partial charge in [-0.2, -0.15) is 0 Å². The molecule has 1 amide bonds. The predicted octanol–water partition coefficient (Wildman–Crippen LogP) is -0.303. The standard InChI is InChI=1S/C11H14N3O2/c12-11(16)10-9(15)2-1-7-14(10)8-3-5-13-6-4-8/h3,5-6,9-10,15H,1-2,7H2,(H2,12,16). The van der Waals surface area contributed by atoms with Crippen LogP contribution in [-0.4, -0.2) is 34.7 Å². The van der Waals surface area contributed by atoms with Gasteiger partial charge in [0, 0.05) is 30.7 Å². The predicted molar refractivity (Wildman–Crippen MR) is 58.6 cm³/mol. The summed E-state index contributed by atoms with van der Waals surface area (Å²) < 4.78 is 0. The molecule has 1 aromatic rings. The van der Waals surface area contributed by atoms with Gasteiger partial charge in [-0.1, -0.05) is 0 Å². The Labute approximate surface area is 93.9 Å². The molecule has 85 valence electrons. The Kier molecular flexibility index (Phi) is 3.05. The van der Waals surface area contributed by atoms with Crippen LogP contribution in [-0.2, 0) is 4.79 Å². The number of rotatable bonds is 2. The van der Waals surface area contributed by atoms with Crippen molar-refractivity contribution in [3.63, 3.8) is 0 Å². The number of carbonyl (C=O) groups excluding carboxylic acids is 1. The van der Waals surface area contributed by atoms with Gasteiger partial charge >= 0.3 is 0 Å². The van der Waals surface area contributed by atoms with Crippen LogP contribution in [0.2, 0.25) is 0 Å². The lowest BCUT2D eigenvalue weighted by Gasteiger charge is -2.38. The maximum Gasteiger partial charge on any atom is 0.242 e. The first-order valence-electron chi connectivity index (χ1n) is 5.26. The van der Waals surface area contributed by atoms with Crippen molar-refractivity contribution in [1.82, 2.24) is 4.98 Å². The third-order valence-electron chi connectivity index (χ3n) is 2.81. The number of anilines is 1. The quantitative estimate of drug-likeness (QED) is 0.717. The molecule has 1 aliphatic heterocycles. The van der Waals surface area contributed by atoms with Crippen molar-refractivity contribution in [2.75, 3.05) is 11.4 Å². The van der Waals surface area contributed by atoms with Gasteiger partial charge in [0.2, 0.25) is 5.91 Å². The topological polar surface area (TPSA) is 79.5 Å². The second kappa shape index (κ2) is 4.49. The zero-order valence-electron chi connectivity index (χ0n) is 8.84. The number of amides is 1. The monoisotopic (exact) mass is 220 g/mol. The zero-order valence-corrected chi connectivity index (χ0v) is 8.84. The van der Waals surface area contributed by atoms with E-state index in [0.717, 1.165) is 12.1 Å². The highest BCUT2D eigenvalue weighted by Gasteiger charge is 2.34. The summed E-state index contributed by atoms with van der Waals surface area (Å²) in [7, 11) is 0. The van der Waals surface area contributed by atoms with E-state index in [0.29, 0.717) is 13.0 Å². The lowest BCUT2D eigenvalue weighted by Crippen LogP contribution is -2.55. The average Bonchev–Trinajstić information content (AvgIpc) is 2.29. The van der Waals surface area contributed by atoms with E-state index >= 15 is 0 Å². The number of carbonyl (C=O) groups is 1. The van der Waals surface area contributed by atoms with E-state index in [2.05, 4.69) is 11.1 Å². The number of hydrogen-bond donors (Lipinski definition) is 2. The van der Waals surface area contributed by atoms with Crippen LogP contribution < -0.4 is 10.6 Å². The van der Waals surface area contributed by atoms with Crippen LogP contribution in [0.15, 0.2) is 18.5 Å². The summed E-state index contributed by atoms with van der Waals surface area (Å²) in [4.78, 5) is 17.0. The van der Waals surface area contributed by atoms with Crippen LogP contribution in [0.3, 0.4) is 0 Å². The maximum atomic E-state index is 11.3. The molecule has 0 saturated carbocycles. The number of nitrogens with two attached hydrogens (primary N) is 1. The van der Waals surface area contributed by atoms with Gasteiger partial charge in [-0.15, -0.1) is 0 Å². The number of hydrogen-bond acceptors (Lipinski definition) is 4. The molecule has 2 rings (SSSR count). The molecule has 5 nitrogen and oxygen atoms in total. The van der Waals surface area contributed by atoms with Gasteiger partial charge in [0.05, 0.1) is 6.10 Å². The highest BCUT2D eigenvalue weighted by atomic mass is 16.3. The summed E-state index contributed by atoms with van der Waals surface area (Å²) >= 11 is 0. The van der Waals surface area contributed by atoms with Crippen LogP contribution in [0.5, 0.6) is 0 Å². The Morgan fingerprint density at radius 2 is 2.50 bits per heavy atom. The maximum absolute atomic E-state index is 11.3. The van der Waals surface area contributed by atoms with Crippen LogP contribution in [0.25, 0.3) is 0 Å². The van der Waals surface area contributed by atoms with E-state index in [4.69, 9.17) is 5.73 Å². The lowest BCUT2D eigenvalue weighted by molar-refractivity contribution is -0.122. The summed E-state index contributed by atoms with van der Waals surface area (Å²) in [5.74, 6) is -0.502. The molecule has 1 saturated heterocycles. The largest absolute Gasteiger partial charge is 0.390 e. The number of aliphatic hydroxyl groups excluding tert-OH is 1. The van der Waals surface area contributed by atoms with E-state index in [9.17, 15) is 9.90 Å². The van der Waals surface area contributed by atoms with Crippen molar-refractivity contribution in [1.29, 1.82) is 0 Å². The van der Waals surface area contributed by atoms with Gasteiger partial charge in [0.25, 0.3) is 0 Å². The molecule has 1 aliphatic rings. The Morgan fingerprint density at radius 1 is 1.69 bits per heavy atom. The number of piperidine rings is 1. The number of aromatic nitrogens is 1. The van der Waals surface area contributed by atoms with E-state index in [-0.39, 0.29) is 0 Å². The van der Waals surface area contributed by atoms with E-state index in [1.807, 2.05) is 0 Å². The normalized spacial score (nSPS) is 25.4. The molecule has 2 heterocycles. The van der Waals surface area contributed by atoms with Crippen LogP contribution in [0.4, 0.5) is 5.69 Å². The molecular weight excluding hydrogens is 206 g/mol. The van der Waals surface area contributed by atoms with Crippen molar-refractivity contribution < 1.29 is 9.90 Å². The van der Waals surface area contributed by atoms with E-state index < -0.39 is 18.1 Å². The fourth-order valence-electron chi connectivity index (χ4n) is 2.08. The Balaban J connectivity index is 2.27. The summed E-state index contributed by atoms with van der Waals surface area (Å²) in [5.41, 5.74) is 6.06. The van der Waals surface area contributed by atoms with Gasteiger partial charge in [-0.25, -0.2) is 0 Å². The Bertz CT molecular complexity index is 369. The molecule has 16 heavy (non-hydrogen) atoms. The van der Waals surface area contributed by atoms with Gasteiger partial charge in [-0.05, 0) is 18.9 Å². The number of primary amides is 1. The average molecular weight is 220 g/mol. The summed E-state index contributed by atoms with van der Waals surface area (Å²) in [5, 5.41) is 9.80. The SMILES string of the molecule is NC(=O)C1C(O)CCCN1c1[c]cncc1. The van der Waals surface area contributed by atoms with Gasteiger partial charge < -0.3 is 15.7 Å². The summed E-state index contributed by atoms with van der Waals surface area (Å²) in [6.07, 6.45) is 3.91. The molecule has 0 aliphatic carbocycles. The number of nitrogens with zero attached hydrogens (tertiary/aromatic N) is 2.